The topological polar surface area (TPSA) is 79.3 Å². The summed E-state index contributed by atoms with van der Waals surface area (Å²) in [5, 5.41) is 11.4. The summed E-state index contributed by atoms with van der Waals surface area (Å²) in [6.45, 7) is 0. The first kappa shape index (κ1) is 11.0. The molecule has 1 aromatic heterocycles. The number of amides is 1. The van der Waals surface area contributed by atoms with Gasteiger partial charge in [-0.15, -0.1) is 0 Å². The molecule has 18 heavy (non-hydrogen) atoms. The van der Waals surface area contributed by atoms with Crippen LogP contribution in [0.5, 0.6) is 0 Å². The summed E-state index contributed by atoms with van der Waals surface area (Å²) in [7, 11) is 0. The van der Waals surface area contributed by atoms with Crippen LogP contribution in [0.2, 0.25) is 0 Å². The third-order valence-corrected chi connectivity index (χ3v) is 3.50. The Morgan fingerprint density at radius 2 is 2.28 bits per heavy atom. The molecule has 2 heterocycles. The molecule has 1 spiro atoms. The summed E-state index contributed by atoms with van der Waals surface area (Å²) in [4.78, 5) is 26.4. The van der Waals surface area contributed by atoms with E-state index in [9.17, 15) is 9.59 Å². The highest BCUT2D eigenvalue weighted by Gasteiger charge is 2.52. The maximum Gasteiger partial charge on any atom is 0.328 e. The van der Waals surface area contributed by atoms with E-state index in [0.717, 1.165) is 30.0 Å². The van der Waals surface area contributed by atoms with Crippen LogP contribution in [0, 0.1) is 5.41 Å². The molecule has 2 aliphatic rings. The first-order chi connectivity index (χ1) is 8.59. The summed E-state index contributed by atoms with van der Waals surface area (Å²) in [6, 6.07) is 1.89. The van der Waals surface area contributed by atoms with E-state index in [-0.39, 0.29) is 11.3 Å². The lowest BCUT2D eigenvalue weighted by atomic mass is 9.92. The maximum absolute atomic E-state index is 11.8. The normalized spacial score (nSPS) is 19.7. The van der Waals surface area contributed by atoms with Gasteiger partial charge in [0, 0.05) is 12.3 Å². The van der Waals surface area contributed by atoms with Crippen molar-refractivity contribution in [2.24, 2.45) is 5.41 Å². The summed E-state index contributed by atoms with van der Waals surface area (Å²) < 4.78 is 0. The molecule has 1 aliphatic carbocycles. The number of anilines is 1. The highest BCUT2D eigenvalue weighted by atomic mass is 16.4. The number of carboxylic acids is 1. The van der Waals surface area contributed by atoms with Crippen LogP contribution in [0.25, 0.3) is 6.08 Å². The van der Waals surface area contributed by atoms with Crippen molar-refractivity contribution in [3.8, 4) is 0 Å². The van der Waals surface area contributed by atoms with E-state index in [1.807, 2.05) is 6.07 Å². The minimum atomic E-state index is -0.986. The molecule has 1 aliphatic heterocycles. The first-order valence-corrected chi connectivity index (χ1v) is 5.80. The Morgan fingerprint density at radius 1 is 1.50 bits per heavy atom. The lowest BCUT2D eigenvalue weighted by Crippen LogP contribution is -2.31. The fourth-order valence-electron chi connectivity index (χ4n) is 2.27. The summed E-state index contributed by atoms with van der Waals surface area (Å²) in [6.07, 6.45) is 6.70. The Balaban J connectivity index is 1.91. The van der Waals surface area contributed by atoms with Crippen molar-refractivity contribution in [3.05, 3.63) is 29.5 Å². The molecular formula is C13H12N2O3. The van der Waals surface area contributed by atoms with Gasteiger partial charge >= 0.3 is 5.97 Å². The van der Waals surface area contributed by atoms with Crippen molar-refractivity contribution < 1.29 is 14.7 Å². The molecule has 1 fully saturated rings. The summed E-state index contributed by atoms with van der Waals surface area (Å²) >= 11 is 0. The van der Waals surface area contributed by atoms with E-state index >= 15 is 0 Å². The summed E-state index contributed by atoms with van der Waals surface area (Å²) in [5.41, 5.74) is 1.51. The van der Waals surface area contributed by atoms with Crippen LogP contribution >= 0.6 is 0 Å². The smallest absolute Gasteiger partial charge is 0.328 e. The van der Waals surface area contributed by atoms with Gasteiger partial charge in [0.05, 0.1) is 5.41 Å². The van der Waals surface area contributed by atoms with Gasteiger partial charge in [-0.25, -0.2) is 9.78 Å². The largest absolute Gasteiger partial charge is 0.478 e. The Hall–Kier alpha value is -2.17. The Kier molecular flexibility index (Phi) is 2.23. The third kappa shape index (κ3) is 1.77. The molecule has 3 rings (SSSR count). The Labute approximate surface area is 104 Å². The van der Waals surface area contributed by atoms with Crippen molar-refractivity contribution in [3.63, 3.8) is 0 Å². The lowest BCUT2D eigenvalue weighted by Gasteiger charge is -2.23. The first-order valence-electron chi connectivity index (χ1n) is 5.80. The predicted molar refractivity (Wildman–Crippen MR) is 64.9 cm³/mol. The monoisotopic (exact) mass is 244 g/mol. The van der Waals surface area contributed by atoms with Crippen molar-refractivity contribution >= 4 is 23.8 Å². The van der Waals surface area contributed by atoms with Gasteiger partial charge in [0.15, 0.2) is 0 Å². The highest BCUT2D eigenvalue weighted by molar-refractivity contribution is 5.99. The van der Waals surface area contributed by atoms with E-state index < -0.39 is 5.97 Å². The van der Waals surface area contributed by atoms with Gasteiger partial charge in [0.1, 0.15) is 5.82 Å². The van der Waals surface area contributed by atoms with Crippen LogP contribution in [0.3, 0.4) is 0 Å². The zero-order valence-corrected chi connectivity index (χ0v) is 9.64. The second kappa shape index (κ2) is 3.66. The molecule has 0 radical (unpaired) electrons. The third-order valence-electron chi connectivity index (χ3n) is 3.50. The average molecular weight is 244 g/mol. The molecule has 2 N–H and O–H groups in total. The Morgan fingerprint density at radius 3 is 2.94 bits per heavy atom. The zero-order chi connectivity index (χ0) is 12.8. The Bertz CT molecular complexity index is 574. The molecule has 0 saturated heterocycles. The van der Waals surface area contributed by atoms with Crippen LogP contribution in [0.1, 0.15) is 24.0 Å². The maximum atomic E-state index is 11.8. The molecule has 0 unspecified atom stereocenters. The number of nitrogens with one attached hydrogen (secondary N) is 1. The number of carbonyl (C=O) groups is 2. The highest BCUT2D eigenvalue weighted by Crippen LogP contribution is 2.52. The van der Waals surface area contributed by atoms with Gasteiger partial charge in [-0.1, -0.05) is 0 Å². The van der Waals surface area contributed by atoms with E-state index in [4.69, 9.17) is 5.11 Å². The fraction of sp³-hybridized carbons (Fsp3) is 0.308. The molecule has 5 heteroatoms. The van der Waals surface area contributed by atoms with Crippen molar-refractivity contribution in [1.82, 2.24) is 4.98 Å². The lowest BCUT2D eigenvalue weighted by molar-refractivity contribution is -0.131. The fourth-order valence-corrected chi connectivity index (χ4v) is 2.27. The van der Waals surface area contributed by atoms with Crippen LogP contribution in [-0.4, -0.2) is 22.0 Å². The minimum absolute atomic E-state index is 0.0660. The van der Waals surface area contributed by atoms with Crippen LogP contribution in [-0.2, 0) is 16.0 Å². The van der Waals surface area contributed by atoms with E-state index in [1.54, 1.807) is 6.20 Å². The number of nitrogens with zero attached hydrogens (tertiary/aromatic N) is 1. The van der Waals surface area contributed by atoms with Gasteiger partial charge < -0.3 is 10.4 Å². The van der Waals surface area contributed by atoms with E-state index in [0.29, 0.717) is 12.2 Å². The van der Waals surface area contributed by atoms with E-state index in [2.05, 4.69) is 10.3 Å². The van der Waals surface area contributed by atoms with Crippen LogP contribution in [0.15, 0.2) is 18.3 Å². The van der Waals surface area contributed by atoms with Gasteiger partial charge in [-0.3, -0.25) is 4.79 Å². The number of fused-ring (bicyclic) bond motifs is 1. The summed E-state index contributed by atoms with van der Waals surface area (Å²) in [5.74, 6) is -0.319. The molecule has 0 bridgehead atoms. The number of pyridine rings is 1. The average Bonchev–Trinajstić information content (AvgIpc) is 3.09. The number of aromatic nitrogens is 1. The molecule has 5 nitrogen and oxygen atoms in total. The molecule has 1 saturated carbocycles. The molecule has 0 atom stereocenters. The quantitative estimate of drug-likeness (QED) is 0.772. The SMILES string of the molecule is O=C(O)C=Cc1cnc2c(c1)CC1(CC1)C(=O)N2. The van der Waals surface area contributed by atoms with Gasteiger partial charge in [0.2, 0.25) is 5.91 Å². The number of rotatable bonds is 2. The number of hydrogen-bond donors (Lipinski definition) is 2. The molecule has 1 aromatic rings. The zero-order valence-electron chi connectivity index (χ0n) is 9.64. The van der Waals surface area contributed by atoms with Gasteiger partial charge in [0.25, 0.3) is 0 Å². The number of aliphatic carboxylic acids is 1. The number of hydrogen-bond acceptors (Lipinski definition) is 3. The molecular weight excluding hydrogens is 232 g/mol. The van der Waals surface area contributed by atoms with E-state index in [1.165, 1.54) is 6.08 Å². The van der Waals surface area contributed by atoms with Crippen molar-refractivity contribution in [2.45, 2.75) is 19.3 Å². The van der Waals surface area contributed by atoms with Crippen molar-refractivity contribution in [2.75, 3.05) is 5.32 Å². The predicted octanol–water partition coefficient (Wildman–Crippen LogP) is 1.45. The van der Waals surface area contributed by atoms with Crippen LogP contribution < -0.4 is 5.32 Å². The van der Waals surface area contributed by atoms with Crippen molar-refractivity contribution in [1.29, 1.82) is 0 Å². The molecule has 0 aromatic carbocycles. The second-order valence-electron chi connectivity index (χ2n) is 4.86. The molecule has 92 valence electrons. The number of carboxylic acid groups (broad SMARTS) is 1. The molecule has 1 amide bonds. The van der Waals surface area contributed by atoms with Gasteiger partial charge in [-0.2, -0.15) is 0 Å². The second-order valence-corrected chi connectivity index (χ2v) is 4.86. The minimum Gasteiger partial charge on any atom is -0.478 e. The van der Waals surface area contributed by atoms with Crippen LogP contribution in [0.4, 0.5) is 5.82 Å². The van der Waals surface area contributed by atoms with Gasteiger partial charge in [-0.05, 0) is 42.5 Å². The number of carbonyl (C=O) groups excluding carboxylic acids is 1. The standard InChI is InChI=1S/C13H12N2O3/c16-10(17)2-1-8-5-9-6-13(3-4-13)12(18)15-11(9)14-7-8/h1-2,5,7H,3-4,6H2,(H,16,17)(H,14,15,18).